The number of hydrogen-bond donors (Lipinski definition) is 0. The van der Waals surface area contributed by atoms with Gasteiger partial charge in [-0.05, 0) is 49.9 Å². The minimum atomic E-state index is -0.273. The third kappa shape index (κ3) is 4.01. The molecule has 152 valence electrons. The molecule has 1 atom stereocenters. The number of carbonyl (C=O) groups excluding carboxylic acids is 1. The zero-order chi connectivity index (χ0) is 21.3. The lowest BCUT2D eigenvalue weighted by atomic mass is 9.95. The summed E-state index contributed by atoms with van der Waals surface area (Å²) >= 11 is 0. The van der Waals surface area contributed by atoms with E-state index in [1.807, 2.05) is 13.0 Å². The van der Waals surface area contributed by atoms with Crippen LogP contribution in [0.25, 0.3) is 16.9 Å². The summed E-state index contributed by atoms with van der Waals surface area (Å²) in [5.41, 5.74) is 5.39. The number of carbonyl (C=O) groups is 1. The number of fused-ring (bicyclic) bond motifs is 1. The highest BCUT2D eigenvalue weighted by Gasteiger charge is 2.20. The summed E-state index contributed by atoms with van der Waals surface area (Å²) in [6.07, 6.45) is 3.24. The number of rotatable bonds is 6. The fraction of sp³-hybridized carbons (Fsp3) is 0.240. The molecule has 0 aliphatic carbocycles. The third-order valence-electron chi connectivity index (χ3n) is 5.51. The summed E-state index contributed by atoms with van der Waals surface area (Å²) < 4.78 is 15.7. The standard InChI is InChI=1S/C25H24FN3O/c1-16-4-8-19(9-5-16)10-6-18(3)25(30)22-15-24-27-13-12-23(29(24)28-22)20-11-7-17(2)21(26)14-20/h4-5,7-9,11-15,18H,6,10H2,1-3H3. The van der Waals surface area contributed by atoms with Crippen LogP contribution >= 0.6 is 0 Å². The maximum atomic E-state index is 14.1. The van der Waals surface area contributed by atoms with Crippen molar-refractivity contribution in [2.45, 2.75) is 33.6 Å². The number of benzene rings is 2. The molecule has 0 saturated heterocycles. The first kappa shape index (κ1) is 20.0. The van der Waals surface area contributed by atoms with Crippen molar-refractivity contribution in [3.8, 4) is 11.3 Å². The molecule has 4 rings (SSSR count). The molecule has 4 aromatic rings. The van der Waals surface area contributed by atoms with Crippen molar-refractivity contribution < 1.29 is 9.18 Å². The lowest BCUT2D eigenvalue weighted by molar-refractivity contribution is 0.0919. The minimum Gasteiger partial charge on any atom is -0.292 e. The van der Waals surface area contributed by atoms with Crippen LogP contribution in [0.15, 0.2) is 60.8 Å². The lowest BCUT2D eigenvalue weighted by Gasteiger charge is -2.09. The summed E-state index contributed by atoms with van der Waals surface area (Å²) in [6.45, 7) is 5.72. The van der Waals surface area contributed by atoms with Crippen LogP contribution in [0.3, 0.4) is 0 Å². The van der Waals surface area contributed by atoms with Gasteiger partial charge >= 0.3 is 0 Å². The molecular formula is C25H24FN3O. The van der Waals surface area contributed by atoms with Gasteiger partial charge in [0.15, 0.2) is 11.4 Å². The normalized spacial score (nSPS) is 12.3. The minimum absolute atomic E-state index is 0.00588. The summed E-state index contributed by atoms with van der Waals surface area (Å²) in [6, 6.07) is 16.9. The van der Waals surface area contributed by atoms with Gasteiger partial charge < -0.3 is 0 Å². The molecule has 0 aliphatic rings. The molecule has 0 amide bonds. The van der Waals surface area contributed by atoms with Crippen molar-refractivity contribution in [2.75, 3.05) is 0 Å². The SMILES string of the molecule is Cc1ccc(CCC(C)C(=O)c2cc3nccc(-c4ccc(C)c(F)c4)n3n2)cc1. The van der Waals surface area contributed by atoms with Crippen LogP contribution in [0.2, 0.25) is 0 Å². The van der Waals surface area contributed by atoms with Crippen LogP contribution in [0, 0.1) is 25.6 Å². The van der Waals surface area contributed by atoms with Gasteiger partial charge in [-0.3, -0.25) is 4.79 Å². The zero-order valence-electron chi connectivity index (χ0n) is 17.4. The molecule has 0 saturated carbocycles. The summed E-state index contributed by atoms with van der Waals surface area (Å²) in [4.78, 5) is 17.3. The Morgan fingerprint density at radius 3 is 2.57 bits per heavy atom. The van der Waals surface area contributed by atoms with E-state index < -0.39 is 0 Å². The maximum absolute atomic E-state index is 14.1. The largest absolute Gasteiger partial charge is 0.292 e. The van der Waals surface area contributed by atoms with Crippen LogP contribution in [-0.4, -0.2) is 20.4 Å². The second-order valence-corrected chi connectivity index (χ2v) is 7.88. The molecule has 2 heterocycles. The van der Waals surface area contributed by atoms with E-state index in [1.165, 1.54) is 17.2 Å². The molecule has 0 N–H and O–H groups in total. The average molecular weight is 401 g/mol. The smallest absolute Gasteiger partial charge is 0.185 e. The van der Waals surface area contributed by atoms with Gasteiger partial charge in [-0.25, -0.2) is 13.9 Å². The topological polar surface area (TPSA) is 47.3 Å². The lowest BCUT2D eigenvalue weighted by Crippen LogP contribution is -2.13. The highest BCUT2D eigenvalue weighted by molar-refractivity contribution is 5.96. The van der Waals surface area contributed by atoms with Gasteiger partial charge in [0.25, 0.3) is 0 Å². The molecule has 0 fully saturated rings. The van der Waals surface area contributed by atoms with Gasteiger partial charge in [0, 0.05) is 23.7 Å². The van der Waals surface area contributed by atoms with Gasteiger partial charge in [-0.15, -0.1) is 0 Å². The van der Waals surface area contributed by atoms with E-state index >= 15 is 0 Å². The molecule has 1 unspecified atom stereocenters. The van der Waals surface area contributed by atoms with Gasteiger partial charge in [-0.2, -0.15) is 5.10 Å². The molecule has 0 spiro atoms. The number of aryl methyl sites for hydroxylation is 3. The second kappa shape index (κ2) is 8.19. The number of halogens is 1. The summed E-state index contributed by atoms with van der Waals surface area (Å²) in [5, 5.41) is 4.51. The highest BCUT2D eigenvalue weighted by atomic mass is 19.1. The molecule has 0 aliphatic heterocycles. The number of aromatic nitrogens is 3. The third-order valence-corrected chi connectivity index (χ3v) is 5.51. The Kier molecular flexibility index (Phi) is 5.44. The van der Waals surface area contributed by atoms with Crippen molar-refractivity contribution in [3.63, 3.8) is 0 Å². The Labute approximate surface area is 175 Å². The first-order valence-corrected chi connectivity index (χ1v) is 10.1. The fourth-order valence-corrected chi connectivity index (χ4v) is 3.51. The molecule has 0 bridgehead atoms. The fourth-order valence-electron chi connectivity index (χ4n) is 3.51. The van der Waals surface area contributed by atoms with E-state index in [1.54, 1.807) is 35.8 Å². The molecular weight excluding hydrogens is 377 g/mol. The predicted molar refractivity (Wildman–Crippen MR) is 116 cm³/mol. The van der Waals surface area contributed by atoms with Crippen LogP contribution in [0.5, 0.6) is 0 Å². The van der Waals surface area contributed by atoms with E-state index in [0.717, 1.165) is 12.8 Å². The Morgan fingerprint density at radius 1 is 1.07 bits per heavy atom. The maximum Gasteiger partial charge on any atom is 0.185 e. The first-order valence-electron chi connectivity index (χ1n) is 10.1. The van der Waals surface area contributed by atoms with Crippen molar-refractivity contribution >= 4 is 11.4 Å². The van der Waals surface area contributed by atoms with Gasteiger partial charge in [-0.1, -0.05) is 48.9 Å². The van der Waals surface area contributed by atoms with Crippen LogP contribution in [0.4, 0.5) is 4.39 Å². The van der Waals surface area contributed by atoms with E-state index in [4.69, 9.17) is 0 Å². The van der Waals surface area contributed by atoms with Crippen molar-refractivity contribution in [3.05, 3.63) is 89.0 Å². The van der Waals surface area contributed by atoms with Crippen LogP contribution < -0.4 is 0 Å². The molecule has 5 heteroatoms. The van der Waals surface area contributed by atoms with Crippen molar-refractivity contribution in [1.29, 1.82) is 0 Å². The van der Waals surface area contributed by atoms with Gasteiger partial charge in [0.2, 0.25) is 0 Å². The second-order valence-electron chi connectivity index (χ2n) is 7.88. The van der Waals surface area contributed by atoms with Crippen molar-refractivity contribution in [2.24, 2.45) is 5.92 Å². The predicted octanol–water partition coefficient (Wildman–Crippen LogP) is 5.60. The van der Waals surface area contributed by atoms with Gasteiger partial charge in [0.05, 0.1) is 5.69 Å². The number of hydrogen-bond acceptors (Lipinski definition) is 3. The Balaban J connectivity index is 1.57. The number of ketones is 1. The number of Topliss-reactive ketones (excluding diaryl/α,β-unsaturated/α-hetero) is 1. The molecule has 30 heavy (non-hydrogen) atoms. The van der Waals surface area contributed by atoms with E-state index in [9.17, 15) is 9.18 Å². The Morgan fingerprint density at radius 2 is 1.83 bits per heavy atom. The van der Waals surface area contributed by atoms with E-state index in [2.05, 4.69) is 41.3 Å². The average Bonchev–Trinajstić information content (AvgIpc) is 3.19. The zero-order valence-corrected chi connectivity index (χ0v) is 17.4. The summed E-state index contributed by atoms with van der Waals surface area (Å²) in [5.74, 6) is -0.434. The quantitative estimate of drug-likeness (QED) is 0.395. The monoisotopic (exact) mass is 401 g/mol. The Bertz CT molecular complexity index is 1210. The van der Waals surface area contributed by atoms with Gasteiger partial charge in [0.1, 0.15) is 11.5 Å². The molecule has 0 radical (unpaired) electrons. The van der Waals surface area contributed by atoms with E-state index in [-0.39, 0.29) is 17.5 Å². The van der Waals surface area contributed by atoms with E-state index in [0.29, 0.717) is 28.2 Å². The van der Waals surface area contributed by atoms with Crippen LogP contribution in [-0.2, 0) is 6.42 Å². The molecule has 2 aromatic carbocycles. The highest BCUT2D eigenvalue weighted by Crippen LogP contribution is 2.23. The summed E-state index contributed by atoms with van der Waals surface area (Å²) in [7, 11) is 0. The Hall–Kier alpha value is -3.34. The first-order chi connectivity index (χ1) is 14.4. The molecule has 2 aromatic heterocycles. The van der Waals surface area contributed by atoms with Crippen molar-refractivity contribution in [1.82, 2.24) is 14.6 Å². The van der Waals surface area contributed by atoms with Crippen LogP contribution in [0.1, 0.15) is 40.5 Å². The molecule has 4 nitrogen and oxygen atoms in total. The number of nitrogens with zero attached hydrogens (tertiary/aromatic N) is 3.